The average Bonchev–Trinajstić information content (AvgIpc) is 3.64. The maximum atomic E-state index is 13.0. The van der Waals surface area contributed by atoms with E-state index < -0.39 is 0 Å². The lowest BCUT2D eigenvalue weighted by Crippen LogP contribution is -2.12. The first-order valence-corrected chi connectivity index (χ1v) is 15.0. The summed E-state index contributed by atoms with van der Waals surface area (Å²) in [6, 6.07) is 11.8. The molecular formula is C32H39N5O2S. The average molecular weight is 558 g/mol. The second-order valence-electron chi connectivity index (χ2n) is 9.85. The number of benzene rings is 1. The second kappa shape index (κ2) is 14.0. The van der Waals surface area contributed by atoms with Gasteiger partial charge >= 0.3 is 0 Å². The van der Waals surface area contributed by atoms with Crippen molar-refractivity contribution < 1.29 is 9.53 Å². The van der Waals surface area contributed by atoms with Gasteiger partial charge in [-0.1, -0.05) is 46.8 Å². The number of ether oxygens (including phenoxy) is 1. The molecular weight excluding hydrogens is 518 g/mol. The molecule has 0 fully saturated rings. The van der Waals surface area contributed by atoms with E-state index in [1.165, 1.54) is 16.2 Å². The van der Waals surface area contributed by atoms with E-state index in [9.17, 15) is 4.79 Å². The van der Waals surface area contributed by atoms with E-state index in [-0.39, 0.29) is 5.91 Å². The summed E-state index contributed by atoms with van der Waals surface area (Å²) in [5.74, 6) is 2.16. The number of pyridine rings is 2. The zero-order valence-electron chi connectivity index (χ0n) is 24.1. The lowest BCUT2D eigenvalue weighted by atomic mass is 10.0. The summed E-state index contributed by atoms with van der Waals surface area (Å²) in [5, 5.41) is 7.03. The van der Waals surface area contributed by atoms with Crippen molar-refractivity contribution in [1.29, 1.82) is 0 Å². The van der Waals surface area contributed by atoms with Crippen molar-refractivity contribution in [2.75, 3.05) is 17.2 Å². The van der Waals surface area contributed by atoms with Crippen molar-refractivity contribution in [3.8, 4) is 16.9 Å². The Labute approximate surface area is 241 Å². The van der Waals surface area contributed by atoms with Gasteiger partial charge in [-0.15, -0.1) is 11.3 Å². The molecule has 40 heavy (non-hydrogen) atoms. The minimum Gasteiger partial charge on any atom is -0.492 e. The summed E-state index contributed by atoms with van der Waals surface area (Å²) < 4.78 is 5.97. The summed E-state index contributed by atoms with van der Waals surface area (Å²) in [6.45, 7) is 11.8. The number of anilines is 2. The summed E-state index contributed by atoms with van der Waals surface area (Å²) in [4.78, 5) is 27.7. The molecule has 4 aromatic rings. The number of carbonyl (C=O) groups is 1. The number of hydrogen-bond acceptors (Lipinski definition) is 7. The molecule has 2 N–H and O–H groups in total. The fourth-order valence-corrected chi connectivity index (χ4v) is 5.53. The standard InChI is InChI=1S/C30H33N5O2S.C2H6/c1-4-26-25(9-8-19(2)3)35-30(38-26)29(36)34-22-7-5-6-20(16-22)17-32-28-23-12-15-37-27(23)24(18-33-28)21-10-13-31-14-11-21;1-2/h5-7,10-11,13-14,16,18-19H,4,8-9,12,15,17H2,1-3H3,(H,32,33)(H,34,36);1-2H3. The highest BCUT2D eigenvalue weighted by molar-refractivity contribution is 7.13. The van der Waals surface area contributed by atoms with Crippen LogP contribution in [0.3, 0.4) is 0 Å². The fraction of sp³-hybridized carbons (Fsp3) is 0.375. The van der Waals surface area contributed by atoms with E-state index in [2.05, 4.69) is 41.4 Å². The van der Waals surface area contributed by atoms with Gasteiger partial charge in [0.1, 0.15) is 11.6 Å². The Morgan fingerprint density at radius 2 is 1.95 bits per heavy atom. The van der Waals surface area contributed by atoms with Gasteiger partial charge in [-0.25, -0.2) is 9.97 Å². The molecule has 0 bridgehead atoms. The molecule has 0 aliphatic carbocycles. The minimum absolute atomic E-state index is 0.158. The molecule has 5 rings (SSSR count). The lowest BCUT2D eigenvalue weighted by Gasteiger charge is -2.13. The second-order valence-corrected chi connectivity index (χ2v) is 10.9. The smallest absolute Gasteiger partial charge is 0.284 e. The molecule has 3 aromatic heterocycles. The Morgan fingerprint density at radius 3 is 2.70 bits per heavy atom. The molecule has 8 heteroatoms. The third-order valence-corrected chi connectivity index (χ3v) is 7.85. The Hall–Kier alpha value is -3.78. The molecule has 0 saturated carbocycles. The Morgan fingerprint density at radius 1 is 1.15 bits per heavy atom. The number of rotatable bonds is 10. The highest BCUT2D eigenvalue weighted by atomic mass is 32.1. The molecule has 1 aliphatic rings. The van der Waals surface area contributed by atoms with Gasteiger partial charge in [0.15, 0.2) is 5.01 Å². The molecule has 0 unspecified atom stereocenters. The van der Waals surface area contributed by atoms with E-state index in [0.717, 1.165) is 70.9 Å². The van der Waals surface area contributed by atoms with Gasteiger partial charge in [0, 0.05) is 53.2 Å². The largest absolute Gasteiger partial charge is 0.492 e. The van der Waals surface area contributed by atoms with Crippen LogP contribution in [0.5, 0.6) is 5.75 Å². The first kappa shape index (κ1) is 29.2. The zero-order valence-corrected chi connectivity index (χ0v) is 24.9. The van der Waals surface area contributed by atoms with Crippen LogP contribution in [0.4, 0.5) is 11.5 Å². The summed E-state index contributed by atoms with van der Waals surface area (Å²) in [5.41, 5.74) is 5.97. The quantitative estimate of drug-likeness (QED) is 0.209. The van der Waals surface area contributed by atoms with Crippen molar-refractivity contribution in [1.82, 2.24) is 15.0 Å². The van der Waals surface area contributed by atoms with Gasteiger partial charge in [0.25, 0.3) is 5.91 Å². The molecule has 1 aromatic carbocycles. The van der Waals surface area contributed by atoms with Gasteiger partial charge in [-0.2, -0.15) is 0 Å². The Balaban J connectivity index is 0.00000181. The van der Waals surface area contributed by atoms with Crippen molar-refractivity contribution in [2.45, 2.75) is 66.8 Å². The maximum Gasteiger partial charge on any atom is 0.284 e. The van der Waals surface area contributed by atoms with Crippen molar-refractivity contribution in [3.63, 3.8) is 0 Å². The monoisotopic (exact) mass is 557 g/mol. The van der Waals surface area contributed by atoms with Gasteiger partial charge in [-0.05, 0) is 60.6 Å². The highest BCUT2D eigenvalue weighted by Gasteiger charge is 2.22. The van der Waals surface area contributed by atoms with Gasteiger partial charge in [-0.3, -0.25) is 9.78 Å². The molecule has 0 saturated heterocycles. The van der Waals surface area contributed by atoms with Crippen LogP contribution in [0.2, 0.25) is 0 Å². The number of aryl methyl sites for hydroxylation is 2. The van der Waals surface area contributed by atoms with Crippen molar-refractivity contribution in [3.05, 3.63) is 81.7 Å². The maximum absolute atomic E-state index is 13.0. The molecule has 210 valence electrons. The molecule has 7 nitrogen and oxygen atoms in total. The van der Waals surface area contributed by atoms with Gasteiger partial charge < -0.3 is 15.4 Å². The third kappa shape index (κ3) is 7.04. The van der Waals surface area contributed by atoms with E-state index in [4.69, 9.17) is 9.72 Å². The molecule has 0 radical (unpaired) electrons. The SMILES string of the molecule is CC.CCc1sc(C(=O)Nc2cccc(CNc3ncc(-c4ccncc4)c4c3CCO4)c2)nc1CCC(C)C. The number of aromatic nitrogens is 3. The van der Waals surface area contributed by atoms with Crippen molar-refractivity contribution >= 4 is 28.7 Å². The van der Waals surface area contributed by atoms with Crippen LogP contribution in [0.15, 0.2) is 55.0 Å². The van der Waals surface area contributed by atoms with Gasteiger partial charge in [0.05, 0.1) is 12.3 Å². The van der Waals surface area contributed by atoms with E-state index in [1.807, 2.05) is 56.4 Å². The predicted molar refractivity (Wildman–Crippen MR) is 164 cm³/mol. The van der Waals surface area contributed by atoms with Crippen LogP contribution in [-0.2, 0) is 25.8 Å². The first-order chi connectivity index (χ1) is 19.5. The van der Waals surface area contributed by atoms with Crippen LogP contribution in [-0.4, -0.2) is 27.5 Å². The number of fused-ring (bicyclic) bond motifs is 1. The third-order valence-electron chi connectivity index (χ3n) is 6.61. The highest BCUT2D eigenvalue weighted by Crippen LogP contribution is 2.39. The Kier molecular flexibility index (Phi) is 10.2. The van der Waals surface area contributed by atoms with Gasteiger partial charge in [0.2, 0.25) is 0 Å². The molecule has 1 aliphatic heterocycles. The molecule has 0 atom stereocenters. The molecule has 4 heterocycles. The van der Waals surface area contributed by atoms with E-state index in [1.54, 1.807) is 12.4 Å². The van der Waals surface area contributed by atoms with Crippen LogP contribution in [0, 0.1) is 5.92 Å². The topological polar surface area (TPSA) is 89.0 Å². The van der Waals surface area contributed by atoms with Crippen LogP contribution in [0.1, 0.15) is 72.5 Å². The summed E-state index contributed by atoms with van der Waals surface area (Å²) >= 11 is 1.50. The van der Waals surface area contributed by atoms with Crippen LogP contribution < -0.4 is 15.4 Å². The minimum atomic E-state index is -0.158. The summed E-state index contributed by atoms with van der Waals surface area (Å²) in [7, 11) is 0. The molecule has 0 spiro atoms. The first-order valence-electron chi connectivity index (χ1n) is 14.2. The summed E-state index contributed by atoms with van der Waals surface area (Å²) in [6.07, 6.45) is 9.10. The zero-order chi connectivity index (χ0) is 28.5. The number of hydrogen-bond donors (Lipinski definition) is 2. The Bertz CT molecular complexity index is 1420. The van der Waals surface area contributed by atoms with Crippen LogP contribution in [0.25, 0.3) is 11.1 Å². The van der Waals surface area contributed by atoms with Crippen LogP contribution >= 0.6 is 11.3 Å². The lowest BCUT2D eigenvalue weighted by molar-refractivity contribution is 0.102. The number of thiazole rings is 1. The van der Waals surface area contributed by atoms with E-state index in [0.29, 0.717) is 24.1 Å². The molecule has 1 amide bonds. The predicted octanol–water partition coefficient (Wildman–Crippen LogP) is 7.58. The fourth-order valence-electron chi connectivity index (χ4n) is 4.58. The number of nitrogens with one attached hydrogen (secondary N) is 2. The van der Waals surface area contributed by atoms with Crippen molar-refractivity contribution in [2.24, 2.45) is 5.92 Å². The number of nitrogens with zero attached hydrogens (tertiary/aromatic N) is 3. The number of amides is 1. The normalized spacial score (nSPS) is 11.8. The van der Waals surface area contributed by atoms with E-state index >= 15 is 0 Å². The number of carbonyl (C=O) groups excluding carboxylic acids is 1.